The third-order valence-corrected chi connectivity index (χ3v) is 3.58. The van der Waals surface area contributed by atoms with Crippen molar-refractivity contribution in [3.05, 3.63) is 53.1 Å². The van der Waals surface area contributed by atoms with Crippen molar-refractivity contribution >= 4 is 11.9 Å². The Morgan fingerprint density at radius 1 is 1.13 bits per heavy atom. The van der Waals surface area contributed by atoms with Gasteiger partial charge in [-0.3, -0.25) is 5.43 Å². The Hall–Kier alpha value is -2.49. The standard InChI is InChI=1S/C19H24N2O2/c1-5-11-23-19-16(7-6-8-18(19)22-4)13-20-21-17-10-9-14(2)15(3)12-17/h6-10,12-13,21H,5,11H2,1-4H3/b20-13+. The van der Waals surface area contributed by atoms with E-state index in [4.69, 9.17) is 9.47 Å². The SMILES string of the molecule is CCCOc1c(/C=N/Nc2ccc(C)c(C)c2)cccc1OC. The summed E-state index contributed by atoms with van der Waals surface area (Å²) in [4.78, 5) is 0. The van der Waals surface area contributed by atoms with Gasteiger partial charge in [0.15, 0.2) is 11.5 Å². The lowest BCUT2D eigenvalue weighted by atomic mass is 10.1. The molecule has 0 aromatic heterocycles. The molecule has 23 heavy (non-hydrogen) atoms. The van der Waals surface area contributed by atoms with E-state index in [1.54, 1.807) is 13.3 Å². The molecule has 0 spiro atoms. The second-order valence-electron chi connectivity index (χ2n) is 5.40. The number of para-hydroxylation sites is 1. The van der Waals surface area contributed by atoms with Crippen LogP contribution in [0.25, 0.3) is 0 Å². The first-order valence-electron chi connectivity index (χ1n) is 7.81. The van der Waals surface area contributed by atoms with Crippen molar-refractivity contribution in [2.24, 2.45) is 5.10 Å². The van der Waals surface area contributed by atoms with Gasteiger partial charge in [0.2, 0.25) is 0 Å². The van der Waals surface area contributed by atoms with Gasteiger partial charge in [0.05, 0.1) is 25.6 Å². The predicted molar refractivity (Wildman–Crippen MR) is 95.9 cm³/mol. The number of anilines is 1. The van der Waals surface area contributed by atoms with Crippen molar-refractivity contribution in [2.75, 3.05) is 19.1 Å². The van der Waals surface area contributed by atoms with Crippen LogP contribution in [0.4, 0.5) is 5.69 Å². The quantitative estimate of drug-likeness (QED) is 0.602. The molecular formula is C19H24N2O2. The molecule has 2 aromatic rings. The topological polar surface area (TPSA) is 42.8 Å². The minimum Gasteiger partial charge on any atom is -0.493 e. The lowest BCUT2D eigenvalue weighted by molar-refractivity contribution is 0.294. The molecule has 122 valence electrons. The van der Waals surface area contributed by atoms with E-state index in [0.717, 1.165) is 23.4 Å². The number of ether oxygens (including phenoxy) is 2. The Labute approximate surface area is 138 Å². The molecule has 1 N–H and O–H groups in total. The smallest absolute Gasteiger partial charge is 0.169 e. The summed E-state index contributed by atoms with van der Waals surface area (Å²) < 4.78 is 11.2. The Morgan fingerprint density at radius 3 is 2.65 bits per heavy atom. The maximum atomic E-state index is 5.80. The zero-order chi connectivity index (χ0) is 16.7. The van der Waals surface area contributed by atoms with Crippen molar-refractivity contribution in [1.82, 2.24) is 0 Å². The van der Waals surface area contributed by atoms with Gasteiger partial charge in [0, 0.05) is 5.56 Å². The van der Waals surface area contributed by atoms with Gasteiger partial charge in [-0.1, -0.05) is 19.1 Å². The summed E-state index contributed by atoms with van der Waals surface area (Å²) in [6, 6.07) is 11.9. The van der Waals surface area contributed by atoms with Crippen LogP contribution in [0.1, 0.15) is 30.0 Å². The van der Waals surface area contributed by atoms with Gasteiger partial charge in [-0.25, -0.2) is 0 Å². The molecule has 0 amide bonds. The number of nitrogens with one attached hydrogen (secondary N) is 1. The van der Waals surface area contributed by atoms with Crippen LogP contribution < -0.4 is 14.9 Å². The van der Waals surface area contributed by atoms with Gasteiger partial charge in [-0.05, 0) is 55.7 Å². The lowest BCUT2D eigenvalue weighted by Crippen LogP contribution is -2.02. The highest BCUT2D eigenvalue weighted by Gasteiger charge is 2.08. The fourth-order valence-corrected chi connectivity index (χ4v) is 2.14. The van der Waals surface area contributed by atoms with Gasteiger partial charge >= 0.3 is 0 Å². The summed E-state index contributed by atoms with van der Waals surface area (Å²) in [5.74, 6) is 1.44. The first kappa shape index (κ1) is 16.9. The summed E-state index contributed by atoms with van der Waals surface area (Å²) in [5.41, 5.74) is 7.40. The third-order valence-electron chi connectivity index (χ3n) is 3.58. The molecule has 0 fully saturated rings. The number of benzene rings is 2. The van der Waals surface area contributed by atoms with E-state index in [2.05, 4.69) is 43.4 Å². The molecule has 0 bridgehead atoms. The Morgan fingerprint density at radius 2 is 1.96 bits per heavy atom. The van der Waals surface area contributed by atoms with Crippen molar-refractivity contribution in [2.45, 2.75) is 27.2 Å². The van der Waals surface area contributed by atoms with E-state index in [1.807, 2.05) is 24.3 Å². The molecule has 2 rings (SSSR count). The summed E-state index contributed by atoms with van der Waals surface area (Å²) >= 11 is 0. The highest BCUT2D eigenvalue weighted by molar-refractivity contribution is 5.85. The minimum absolute atomic E-state index is 0.645. The van der Waals surface area contributed by atoms with Gasteiger partial charge < -0.3 is 9.47 Å². The fourth-order valence-electron chi connectivity index (χ4n) is 2.14. The molecule has 0 unspecified atom stereocenters. The van der Waals surface area contributed by atoms with E-state index in [-0.39, 0.29) is 0 Å². The van der Waals surface area contributed by atoms with E-state index in [0.29, 0.717) is 12.4 Å². The second kappa shape index (κ2) is 8.22. The number of nitrogens with zero attached hydrogens (tertiary/aromatic N) is 1. The zero-order valence-electron chi connectivity index (χ0n) is 14.2. The summed E-state index contributed by atoms with van der Waals surface area (Å²) in [6.07, 6.45) is 2.69. The van der Waals surface area contributed by atoms with Crippen LogP contribution in [-0.2, 0) is 0 Å². The molecule has 0 radical (unpaired) electrons. The largest absolute Gasteiger partial charge is 0.493 e. The van der Waals surface area contributed by atoms with Crippen LogP contribution in [0, 0.1) is 13.8 Å². The Bertz CT molecular complexity index is 681. The van der Waals surface area contributed by atoms with E-state index < -0.39 is 0 Å². The van der Waals surface area contributed by atoms with Gasteiger partial charge in [0.25, 0.3) is 0 Å². The van der Waals surface area contributed by atoms with E-state index in [1.165, 1.54) is 11.1 Å². The van der Waals surface area contributed by atoms with E-state index >= 15 is 0 Å². The maximum absolute atomic E-state index is 5.80. The molecule has 4 nitrogen and oxygen atoms in total. The van der Waals surface area contributed by atoms with Gasteiger partial charge in [-0.15, -0.1) is 0 Å². The molecule has 0 aliphatic heterocycles. The number of rotatable bonds is 7. The van der Waals surface area contributed by atoms with Gasteiger partial charge in [-0.2, -0.15) is 5.10 Å². The lowest BCUT2D eigenvalue weighted by Gasteiger charge is -2.12. The summed E-state index contributed by atoms with van der Waals surface area (Å²) in [7, 11) is 1.64. The summed E-state index contributed by atoms with van der Waals surface area (Å²) in [6.45, 7) is 6.90. The number of hydrogen-bond donors (Lipinski definition) is 1. The van der Waals surface area contributed by atoms with Crippen molar-refractivity contribution < 1.29 is 9.47 Å². The van der Waals surface area contributed by atoms with Crippen LogP contribution in [0.15, 0.2) is 41.5 Å². The maximum Gasteiger partial charge on any atom is 0.169 e. The van der Waals surface area contributed by atoms with Crippen LogP contribution in [0.2, 0.25) is 0 Å². The third kappa shape index (κ3) is 4.49. The molecule has 2 aromatic carbocycles. The predicted octanol–water partition coefficient (Wildman–Crippen LogP) is 4.55. The average Bonchev–Trinajstić information content (AvgIpc) is 2.56. The molecule has 4 heteroatoms. The highest BCUT2D eigenvalue weighted by atomic mass is 16.5. The normalized spacial score (nSPS) is 10.8. The van der Waals surface area contributed by atoms with E-state index in [9.17, 15) is 0 Å². The number of aryl methyl sites for hydroxylation is 2. The molecule has 0 atom stereocenters. The molecule has 0 saturated carbocycles. The second-order valence-corrected chi connectivity index (χ2v) is 5.40. The van der Waals surface area contributed by atoms with Gasteiger partial charge in [0.1, 0.15) is 0 Å². The molecule has 0 saturated heterocycles. The van der Waals surface area contributed by atoms with Crippen LogP contribution in [0.5, 0.6) is 11.5 Å². The number of methoxy groups -OCH3 is 1. The first-order valence-corrected chi connectivity index (χ1v) is 7.81. The zero-order valence-corrected chi connectivity index (χ0v) is 14.2. The highest BCUT2D eigenvalue weighted by Crippen LogP contribution is 2.30. The first-order chi connectivity index (χ1) is 11.2. The molecule has 0 heterocycles. The monoisotopic (exact) mass is 312 g/mol. The number of hydrazone groups is 1. The van der Waals surface area contributed by atoms with Crippen LogP contribution >= 0.6 is 0 Å². The van der Waals surface area contributed by atoms with Crippen molar-refractivity contribution in [1.29, 1.82) is 0 Å². The number of hydrogen-bond acceptors (Lipinski definition) is 4. The van der Waals surface area contributed by atoms with Crippen LogP contribution in [-0.4, -0.2) is 19.9 Å². The Kier molecular flexibility index (Phi) is 6.03. The fraction of sp³-hybridized carbons (Fsp3) is 0.316. The van der Waals surface area contributed by atoms with Crippen LogP contribution in [0.3, 0.4) is 0 Å². The molecule has 0 aliphatic carbocycles. The van der Waals surface area contributed by atoms with Crippen molar-refractivity contribution in [3.8, 4) is 11.5 Å². The summed E-state index contributed by atoms with van der Waals surface area (Å²) in [5, 5.41) is 4.32. The molecule has 0 aliphatic rings. The molecular weight excluding hydrogens is 288 g/mol. The minimum atomic E-state index is 0.645. The van der Waals surface area contributed by atoms with Crippen molar-refractivity contribution in [3.63, 3.8) is 0 Å². The Balaban J connectivity index is 2.16. The average molecular weight is 312 g/mol.